The fourth-order valence-corrected chi connectivity index (χ4v) is 5.20. The van der Waals surface area contributed by atoms with Gasteiger partial charge in [-0.2, -0.15) is 13.2 Å². The molecule has 0 radical (unpaired) electrons. The van der Waals surface area contributed by atoms with Gasteiger partial charge in [0.2, 0.25) is 0 Å². The maximum Gasteiger partial charge on any atom is 0.416 e. The van der Waals surface area contributed by atoms with Crippen molar-refractivity contribution in [2.24, 2.45) is 0 Å². The molecule has 5 aromatic heterocycles. The zero-order valence-electron chi connectivity index (χ0n) is 28.9. The van der Waals surface area contributed by atoms with Gasteiger partial charge >= 0.3 is 6.18 Å². The average molecular weight is 764 g/mol. The van der Waals surface area contributed by atoms with Crippen molar-refractivity contribution in [3.8, 4) is 0 Å². The van der Waals surface area contributed by atoms with E-state index in [4.69, 9.17) is 0 Å². The van der Waals surface area contributed by atoms with Crippen LogP contribution in [0.4, 0.5) is 36.2 Å². The molecule has 0 atom stereocenters. The van der Waals surface area contributed by atoms with E-state index in [1.165, 1.54) is 18.3 Å². The largest absolute Gasteiger partial charge is 0.416 e. The van der Waals surface area contributed by atoms with Crippen LogP contribution in [0.5, 0.6) is 0 Å². The summed E-state index contributed by atoms with van der Waals surface area (Å²) in [6.45, 7) is 0.971. The number of fused-ring (bicyclic) bond motifs is 1. The predicted molar refractivity (Wildman–Crippen MR) is 208 cm³/mol. The Bertz CT molecular complexity index is 2350. The van der Waals surface area contributed by atoms with E-state index in [1.54, 1.807) is 61.4 Å². The zero-order valence-corrected chi connectivity index (χ0v) is 29.7. The molecule has 0 saturated carbocycles. The molecule has 55 heavy (non-hydrogen) atoms. The number of halogens is 4. The van der Waals surface area contributed by atoms with Gasteiger partial charge in [-0.25, -0.2) is 9.97 Å². The lowest BCUT2D eigenvalue weighted by Gasteiger charge is -2.12. The summed E-state index contributed by atoms with van der Waals surface area (Å²) in [4.78, 5) is 46.2. The van der Waals surface area contributed by atoms with Crippen molar-refractivity contribution in [2.45, 2.75) is 19.3 Å². The highest BCUT2D eigenvalue weighted by atomic mass is 35.5. The molecule has 0 aliphatic heterocycles. The molecule has 7 rings (SSSR count). The summed E-state index contributed by atoms with van der Waals surface area (Å²) in [6.07, 6.45) is 7.18. The number of alkyl halides is 3. The first kappa shape index (κ1) is 39.3. The number of nitrogens with zero attached hydrogens (tertiary/aromatic N) is 5. The van der Waals surface area contributed by atoms with Gasteiger partial charge in [0.1, 0.15) is 11.6 Å². The van der Waals surface area contributed by atoms with Gasteiger partial charge in [-0.3, -0.25) is 24.5 Å². The van der Waals surface area contributed by atoms with Crippen LogP contribution in [0.3, 0.4) is 0 Å². The minimum absolute atomic E-state index is 0. The molecule has 2 amide bonds. The van der Waals surface area contributed by atoms with Crippen LogP contribution in [0.15, 0.2) is 147 Å². The first-order valence-corrected chi connectivity index (χ1v) is 16.5. The summed E-state index contributed by atoms with van der Waals surface area (Å²) in [5, 5.41) is 12.7. The van der Waals surface area contributed by atoms with Gasteiger partial charge in [0, 0.05) is 67.5 Å². The monoisotopic (exact) mass is 763 g/mol. The molecule has 0 fully saturated rings. The summed E-state index contributed by atoms with van der Waals surface area (Å²) in [5.74, 6) is 0.0666. The molecule has 0 saturated heterocycles. The predicted octanol–water partition coefficient (Wildman–Crippen LogP) is 8.67. The van der Waals surface area contributed by atoms with E-state index in [2.05, 4.69) is 46.2 Å². The van der Waals surface area contributed by atoms with Gasteiger partial charge in [0.15, 0.2) is 0 Å². The van der Waals surface area contributed by atoms with Crippen LogP contribution in [0.25, 0.3) is 10.9 Å². The van der Waals surface area contributed by atoms with Crippen LogP contribution in [0.1, 0.15) is 37.4 Å². The van der Waals surface area contributed by atoms with Crippen molar-refractivity contribution in [1.29, 1.82) is 0 Å². The maximum absolute atomic E-state index is 12.9. The number of para-hydroxylation sites is 1. The van der Waals surface area contributed by atoms with E-state index >= 15 is 0 Å². The molecule has 278 valence electrons. The first-order valence-electron chi connectivity index (χ1n) is 16.5. The number of benzene rings is 2. The Morgan fingerprint density at radius 2 is 1.07 bits per heavy atom. The van der Waals surface area contributed by atoms with E-state index in [1.807, 2.05) is 54.6 Å². The van der Waals surface area contributed by atoms with Gasteiger partial charge in [-0.05, 0) is 90.0 Å². The molecule has 0 spiro atoms. The highest BCUT2D eigenvalue weighted by molar-refractivity contribution is 6.10. The summed E-state index contributed by atoms with van der Waals surface area (Å²) in [5.41, 5.74) is 3.34. The van der Waals surface area contributed by atoms with Crippen LogP contribution in [0.2, 0.25) is 0 Å². The number of nitrogens with one attached hydrogen (secondary N) is 4. The Morgan fingerprint density at radius 1 is 0.564 bits per heavy atom. The molecule has 15 heteroatoms. The third-order valence-corrected chi connectivity index (χ3v) is 7.85. The van der Waals surface area contributed by atoms with Crippen molar-refractivity contribution in [2.75, 3.05) is 21.3 Å². The lowest BCUT2D eigenvalue weighted by Crippen LogP contribution is -2.16. The quantitative estimate of drug-likeness (QED) is 0.107. The minimum atomic E-state index is -4.48. The molecule has 0 bridgehead atoms. The molecule has 7 aromatic rings. The van der Waals surface area contributed by atoms with Crippen LogP contribution < -0.4 is 21.3 Å². The number of hydrogen-bond acceptors (Lipinski definition) is 9. The second-order valence-electron chi connectivity index (χ2n) is 11.6. The fraction of sp³-hybridized carbons (Fsp3) is 0.0750. The van der Waals surface area contributed by atoms with Crippen molar-refractivity contribution < 1.29 is 22.8 Å². The smallest absolute Gasteiger partial charge is 0.365 e. The summed E-state index contributed by atoms with van der Waals surface area (Å²) in [6, 6.07) is 28.1. The Morgan fingerprint density at radius 3 is 1.65 bits per heavy atom. The van der Waals surface area contributed by atoms with Crippen molar-refractivity contribution in [1.82, 2.24) is 24.9 Å². The molecule has 5 heterocycles. The minimum Gasteiger partial charge on any atom is -0.365 e. The van der Waals surface area contributed by atoms with Crippen molar-refractivity contribution in [3.63, 3.8) is 0 Å². The molecular formula is C40H33ClF3N9O2. The number of carbonyl (C=O) groups excluding carboxylic acids is 2. The van der Waals surface area contributed by atoms with Gasteiger partial charge in [-0.15, -0.1) is 12.4 Å². The zero-order chi connectivity index (χ0) is 37.8. The van der Waals surface area contributed by atoms with E-state index < -0.39 is 17.6 Å². The topological polar surface area (TPSA) is 147 Å². The normalized spacial score (nSPS) is 10.6. The number of anilines is 4. The third kappa shape index (κ3) is 10.8. The Labute approximate surface area is 319 Å². The molecule has 0 unspecified atom stereocenters. The summed E-state index contributed by atoms with van der Waals surface area (Å²) in [7, 11) is 0. The van der Waals surface area contributed by atoms with Crippen LogP contribution in [0, 0.1) is 0 Å². The van der Waals surface area contributed by atoms with Gasteiger partial charge in [-0.1, -0.05) is 24.3 Å². The molecule has 0 aliphatic carbocycles. The number of aromatic nitrogens is 5. The average Bonchev–Trinajstić information content (AvgIpc) is 3.20. The Balaban J connectivity index is 0.000000207. The van der Waals surface area contributed by atoms with E-state index in [0.29, 0.717) is 36.0 Å². The molecule has 2 aromatic carbocycles. The third-order valence-electron chi connectivity index (χ3n) is 7.85. The fourth-order valence-electron chi connectivity index (χ4n) is 5.20. The number of carbonyl (C=O) groups is 2. The number of rotatable bonds is 10. The van der Waals surface area contributed by atoms with E-state index in [-0.39, 0.29) is 29.6 Å². The number of amides is 2. The van der Waals surface area contributed by atoms with Gasteiger partial charge < -0.3 is 21.3 Å². The van der Waals surface area contributed by atoms with Crippen LogP contribution in [-0.2, 0) is 19.3 Å². The Kier molecular flexibility index (Phi) is 13.4. The second kappa shape index (κ2) is 18.7. The summed E-state index contributed by atoms with van der Waals surface area (Å²) < 4.78 is 38.5. The number of hydrogen-bond donors (Lipinski definition) is 4. The van der Waals surface area contributed by atoms with E-state index in [0.717, 1.165) is 34.2 Å². The van der Waals surface area contributed by atoms with Crippen LogP contribution in [-0.4, -0.2) is 36.7 Å². The first-order chi connectivity index (χ1) is 26.2. The highest BCUT2D eigenvalue weighted by Crippen LogP contribution is 2.31. The molecular weight excluding hydrogens is 731 g/mol. The van der Waals surface area contributed by atoms with Gasteiger partial charge in [0.25, 0.3) is 11.8 Å². The van der Waals surface area contributed by atoms with Gasteiger partial charge in [0.05, 0.1) is 27.9 Å². The Hall–Kier alpha value is -6.93. The highest BCUT2D eigenvalue weighted by Gasteiger charge is 2.30. The maximum atomic E-state index is 12.9. The standard InChI is InChI=1S/C21H17N5O.C19H15F3N4O.ClH/c27-21(26-18-7-1-4-16-5-2-10-23-19(16)18)17-6-3-11-24-20(17)25-14-15-8-12-22-13-9-15;20-19(21,22)14-3-1-4-15(11-14)26-18(27)16-5-2-8-24-17(16)25-12-13-6-9-23-10-7-13;/h1-13H,14H2,(H,24,25)(H,26,27);1-11H,12H2,(H,24,25)(H,26,27);1H. The lowest BCUT2D eigenvalue weighted by molar-refractivity contribution is -0.137. The van der Waals surface area contributed by atoms with Crippen molar-refractivity contribution >= 4 is 58.1 Å². The molecule has 11 nitrogen and oxygen atoms in total. The van der Waals surface area contributed by atoms with E-state index in [9.17, 15) is 22.8 Å². The second-order valence-corrected chi connectivity index (χ2v) is 11.6. The summed E-state index contributed by atoms with van der Waals surface area (Å²) >= 11 is 0. The number of pyridine rings is 5. The van der Waals surface area contributed by atoms with Crippen molar-refractivity contribution in [3.05, 3.63) is 174 Å². The molecule has 4 N–H and O–H groups in total. The SMILES string of the molecule is Cl.O=C(Nc1cccc(C(F)(F)F)c1)c1cccnc1NCc1ccncc1.O=C(Nc1cccc2cccnc12)c1cccnc1NCc1ccncc1. The molecule has 0 aliphatic rings. The lowest BCUT2D eigenvalue weighted by atomic mass is 10.1. The van der Waals surface area contributed by atoms with Crippen LogP contribution >= 0.6 is 12.4 Å².